The minimum absolute atomic E-state index is 0.161. The smallest absolute Gasteiger partial charge is 0.289 e. The van der Waals surface area contributed by atoms with Crippen molar-refractivity contribution in [2.45, 2.75) is 0 Å². The van der Waals surface area contributed by atoms with E-state index < -0.39 is 0 Å². The Kier molecular flexibility index (Phi) is 4.01. The van der Waals surface area contributed by atoms with Gasteiger partial charge in [-0.1, -0.05) is 12.1 Å². The lowest BCUT2D eigenvalue weighted by Gasteiger charge is -2.35. The summed E-state index contributed by atoms with van der Waals surface area (Å²) in [6.45, 7) is 2.20. The molecule has 1 amide bonds. The summed E-state index contributed by atoms with van der Waals surface area (Å²) in [7, 11) is 0. The maximum atomic E-state index is 13.9. The molecule has 1 fully saturated rings. The van der Waals surface area contributed by atoms with Crippen molar-refractivity contribution in [3.8, 4) is 11.5 Å². The zero-order valence-corrected chi connectivity index (χ0v) is 13.5. The van der Waals surface area contributed by atoms with Gasteiger partial charge >= 0.3 is 0 Å². The molecule has 0 bridgehead atoms. The van der Waals surface area contributed by atoms with E-state index in [1.165, 1.54) is 6.07 Å². The highest BCUT2D eigenvalue weighted by atomic mass is 19.1. The topological polar surface area (TPSA) is 49.8 Å². The number of amides is 1. The van der Waals surface area contributed by atoms with E-state index in [0.717, 1.165) is 0 Å². The molecular formula is C19H17FN2O3. The number of anilines is 1. The Balaban J connectivity index is 1.42. The molecule has 0 aliphatic carbocycles. The van der Waals surface area contributed by atoms with Crippen LogP contribution in [0.4, 0.5) is 10.1 Å². The van der Waals surface area contributed by atoms with Crippen LogP contribution < -0.4 is 4.90 Å². The summed E-state index contributed by atoms with van der Waals surface area (Å²) < 4.78 is 24.8. The molecule has 1 aliphatic heterocycles. The molecule has 5 nitrogen and oxygen atoms in total. The van der Waals surface area contributed by atoms with Crippen LogP contribution in [0.3, 0.4) is 0 Å². The zero-order valence-electron chi connectivity index (χ0n) is 13.5. The maximum absolute atomic E-state index is 13.9. The molecule has 0 N–H and O–H groups in total. The van der Waals surface area contributed by atoms with Crippen LogP contribution in [-0.2, 0) is 0 Å². The molecule has 1 saturated heterocycles. The number of para-hydroxylation sites is 1. The highest BCUT2D eigenvalue weighted by Gasteiger charge is 2.25. The minimum atomic E-state index is -0.239. The number of hydrogen-bond acceptors (Lipinski definition) is 4. The largest absolute Gasteiger partial charge is 0.461 e. The van der Waals surface area contributed by atoms with E-state index in [9.17, 15) is 9.18 Å². The first-order chi connectivity index (χ1) is 12.2. The summed E-state index contributed by atoms with van der Waals surface area (Å²) in [6, 6.07) is 13.6. The van der Waals surface area contributed by atoms with Crippen molar-refractivity contribution in [2.24, 2.45) is 0 Å². The van der Waals surface area contributed by atoms with E-state index in [1.807, 2.05) is 11.0 Å². The summed E-state index contributed by atoms with van der Waals surface area (Å²) in [5.74, 6) is 0.995. The fourth-order valence-corrected chi connectivity index (χ4v) is 3.02. The van der Waals surface area contributed by atoms with Crippen LogP contribution in [0.5, 0.6) is 0 Å². The van der Waals surface area contributed by atoms with Gasteiger partial charge in [-0.25, -0.2) is 4.39 Å². The van der Waals surface area contributed by atoms with Gasteiger partial charge in [-0.2, -0.15) is 0 Å². The Hall–Kier alpha value is -3.02. The third-order valence-electron chi connectivity index (χ3n) is 4.34. The van der Waals surface area contributed by atoms with E-state index in [4.69, 9.17) is 8.83 Å². The molecule has 0 saturated carbocycles. The molecule has 0 unspecified atom stereocenters. The third-order valence-corrected chi connectivity index (χ3v) is 4.34. The van der Waals surface area contributed by atoms with Crippen molar-refractivity contribution in [2.75, 3.05) is 31.1 Å². The average Bonchev–Trinajstić information content (AvgIpc) is 3.33. The predicted molar refractivity (Wildman–Crippen MR) is 90.9 cm³/mol. The van der Waals surface area contributed by atoms with Crippen molar-refractivity contribution in [1.82, 2.24) is 4.90 Å². The van der Waals surface area contributed by atoms with Crippen LogP contribution in [0.15, 0.2) is 63.6 Å². The van der Waals surface area contributed by atoms with Crippen molar-refractivity contribution in [1.29, 1.82) is 0 Å². The Morgan fingerprint density at radius 1 is 0.920 bits per heavy atom. The van der Waals surface area contributed by atoms with Gasteiger partial charge in [-0.15, -0.1) is 0 Å². The highest BCUT2D eigenvalue weighted by molar-refractivity contribution is 5.92. The Labute approximate surface area is 144 Å². The number of furan rings is 2. The summed E-state index contributed by atoms with van der Waals surface area (Å²) >= 11 is 0. The van der Waals surface area contributed by atoms with Gasteiger partial charge < -0.3 is 18.6 Å². The van der Waals surface area contributed by atoms with Crippen LogP contribution in [0.2, 0.25) is 0 Å². The number of carbonyl (C=O) groups is 1. The Morgan fingerprint density at radius 2 is 1.72 bits per heavy atom. The van der Waals surface area contributed by atoms with E-state index >= 15 is 0 Å². The molecule has 1 aromatic carbocycles. The van der Waals surface area contributed by atoms with Crippen LogP contribution in [-0.4, -0.2) is 37.0 Å². The zero-order chi connectivity index (χ0) is 17.2. The van der Waals surface area contributed by atoms with Gasteiger partial charge in [-0.05, 0) is 36.4 Å². The van der Waals surface area contributed by atoms with Crippen molar-refractivity contribution in [3.05, 3.63) is 66.4 Å². The number of rotatable bonds is 3. The Bertz CT molecular complexity index is 864. The standard InChI is InChI=1S/C19H17FN2O3/c20-14-4-1-2-5-15(14)21-9-11-22(12-10-21)19(23)18-8-7-17(25-18)16-6-3-13-24-16/h1-8,13H,9-12H2. The lowest BCUT2D eigenvalue weighted by molar-refractivity contribution is 0.0715. The first-order valence-electron chi connectivity index (χ1n) is 8.15. The highest BCUT2D eigenvalue weighted by Crippen LogP contribution is 2.24. The first kappa shape index (κ1) is 15.5. The number of benzene rings is 1. The molecule has 25 heavy (non-hydrogen) atoms. The molecule has 1 aliphatic rings. The first-order valence-corrected chi connectivity index (χ1v) is 8.15. The van der Waals surface area contributed by atoms with E-state index in [-0.39, 0.29) is 17.5 Å². The second-order valence-electron chi connectivity index (χ2n) is 5.87. The van der Waals surface area contributed by atoms with Crippen LogP contribution in [0, 0.1) is 5.82 Å². The summed E-state index contributed by atoms with van der Waals surface area (Å²) in [4.78, 5) is 16.3. The minimum Gasteiger partial charge on any atom is -0.461 e. The summed E-state index contributed by atoms with van der Waals surface area (Å²) in [6.07, 6.45) is 1.56. The van der Waals surface area contributed by atoms with Gasteiger partial charge in [0, 0.05) is 26.2 Å². The molecule has 128 valence electrons. The molecule has 0 radical (unpaired) electrons. The SMILES string of the molecule is O=C(c1ccc(-c2ccco2)o1)N1CCN(c2ccccc2F)CC1. The molecule has 4 rings (SSSR count). The number of nitrogens with zero attached hydrogens (tertiary/aromatic N) is 2. The van der Waals surface area contributed by atoms with E-state index in [0.29, 0.717) is 43.4 Å². The lowest BCUT2D eigenvalue weighted by Crippen LogP contribution is -2.49. The molecular weight excluding hydrogens is 323 g/mol. The van der Waals surface area contributed by atoms with E-state index in [1.54, 1.807) is 47.6 Å². The molecule has 2 aromatic heterocycles. The fourth-order valence-electron chi connectivity index (χ4n) is 3.02. The number of piperazine rings is 1. The van der Waals surface area contributed by atoms with Crippen molar-refractivity contribution in [3.63, 3.8) is 0 Å². The molecule has 6 heteroatoms. The predicted octanol–water partition coefficient (Wildman–Crippen LogP) is 3.64. The van der Waals surface area contributed by atoms with Crippen LogP contribution in [0.1, 0.15) is 10.6 Å². The number of halogens is 1. The van der Waals surface area contributed by atoms with Gasteiger partial charge in [-0.3, -0.25) is 4.79 Å². The normalized spacial score (nSPS) is 14.8. The fraction of sp³-hybridized carbons (Fsp3) is 0.211. The van der Waals surface area contributed by atoms with Gasteiger partial charge in [0.15, 0.2) is 17.3 Å². The monoisotopic (exact) mass is 340 g/mol. The molecule has 0 atom stereocenters. The maximum Gasteiger partial charge on any atom is 0.289 e. The van der Waals surface area contributed by atoms with Gasteiger partial charge in [0.1, 0.15) is 5.82 Å². The number of hydrogen-bond donors (Lipinski definition) is 0. The third kappa shape index (κ3) is 3.03. The van der Waals surface area contributed by atoms with Crippen molar-refractivity contribution >= 4 is 11.6 Å². The van der Waals surface area contributed by atoms with Crippen LogP contribution in [0.25, 0.3) is 11.5 Å². The number of carbonyl (C=O) groups excluding carboxylic acids is 1. The molecule has 3 heterocycles. The van der Waals surface area contributed by atoms with Gasteiger partial charge in [0.05, 0.1) is 12.0 Å². The Morgan fingerprint density at radius 3 is 2.44 bits per heavy atom. The second-order valence-corrected chi connectivity index (χ2v) is 5.87. The van der Waals surface area contributed by atoms with Crippen LogP contribution >= 0.6 is 0 Å². The quantitative estimate of drug-likeness (QED) is 0.730. The lowest BCUT2D eigenvalue weighted by atomic mass is 10.2. The van der Waals surface area contributed by atoms with Gasteiger partial charge in [0.25, 0.3) is 5.91 Å². The summed E-state index contributed by atoms with van der Waals surface area (Å²) in [5, 5.41) is 0. The molecule has 3 aromatic rings. The van der Waals surface area contributed by atoms with E-state index in [2.05, 4.69) is 0 Å². The average molecular weight is 340 g/mol. The summed E-state index contributed by atoms with van der Waals surface area (Å²) in [5.41, 5.74) is 0.577. The van der Waals surface area contributed by atoms with Gasteiger partial charge in [0.2, 0.25) is 0 Å². The second kappa shape index (κ2) is 6.47. The van der Waals surface area contributed by atoms with Crippen molar-refractivity contribution < 1.29 is 18.0 Å². The molecule has 0 spiro atoms.